The van der Waals surface area contributed by atoms with Crippen LogP contribution in [0.5, 0.6) is 0 Å². The van der Waals surface area contributed by atoms with Crippen LogP contribution in [0.3, 0.4) is 0 Å². The predicted molar refractivity (Wildman–Crippen MR) is 60.6 cm³/mol. The fraction of sp³-hybridized carbons (Fsp3) is 0.0833. The van der Waals surface area contributed by atoms with Crippen molar-refractivity contribution in [1.29, 1.82) is 10.5 Å². The lowest BCUT2D eigenvalue weighted by Gasteiger charge is -2.06. The van der Waals surface area contributed by atoms with Crippen LogP contribution in [0.1, 0.15) is 10.4 Å². The highest BCUT2D eigenvalue weighted by Gasteiger charge is 2.16. The van der Waals surface area contributed by atoms with E-state index in [0.717, 1.165) is 19.4 Å². The summed E-state index contributed by atoms with van der Waals surface area (Å²) in [6, 6.07) is 4.49. The summed E-state index contributed by atoms with van der Waals surface area (Å²) in [5.41, 5.74) is -1.02. The van der Waals surface area contributed by atoms with Gasteiger partial charge in [-0.15, -0.1) is 0 Å². The molecule has 0 aromatic heterocycles. The number of ether oxygens (including phenoxy) is 1. The molecule has 96 valence electrons. The zero-order valence-electron chi connectivity index (χ0n) is 9.70. The number of nitrogens with one attached hydrogen (secondary N) is 1. The number of hydrogen-bond donors (Lipinski definition) is 1. The first kappa shape index (κ1) is 14.1. The molecule has 19 heavy (non-hydrogen) atoms. The molecule has 1 N–H and O–H groups in total. The second-order valence-corrected chi connectivity index (χ2v) is 3.23. The molecular formula is C12H7F2N3O2. The summed E-state index contributed by atoms with van der Waals surface area (Å²) in [6.45, 7) is 0. The van der Waals surface area contributed by atoms with Gasteiger partial charge in [-0.05, 0) is 6.07 Å². The van der Waals surface area contributed by atoms with Gasteiger partial charge in [0.2, 0.25) is 0 Å². The Labute approximate surface area is 107 Å². The third-order valence-electron chi connectivity index (χ3n) is 2.07. The van der Waals surface area contributed by atoms with Crippen LogP contribution < -0.4 is 5.32 Å². The van der Waals surface area contributed by atoms with Crippen molar-refractivity contribution in [3.8, 4) is 12.1 Å². The molecule has 1 aromatic rings. The highest BCUT2D eigenvalue weighted by atomic mass is 19.1. The molecule has 0 heterocycles. The Morgan fingerprint density at radius 2 is 1.95 bits per heavy atom. The van der Waals surface area contributed by atoms with E-state index in [4.69, 9.17) is 10.5 Å². The van der Waals surface area contributed by atoms with Crippen LogP contribution in [0.2, 0.25) is 0 Å². The van der Waals surface area contributed by atoms with Crippen molar-refractivity contribution in [2.24, 2.45) is 0 Å². The summed E-state index contributed by atoms with van der Waals surface area (Å²) in [4.78, 5) is 11.2. The second-order valence-electron chi connectivity index (χ2n) is 3.23. The van der Waals surface area contributed by atoms with Crippen molar-refractivity contribution in [1.82, 2.24) is 0 Å². The zero-order valence-corrected chi connectivity index (χ0v) is 9.70. The molecule has 0 saturated heterocycles. The Kier molecular flexibility index (Phi) is 4.56. The highest BCUT2D eigenvalue weighted by Crippen LogP contribution is 2.20. The normalized spacial score (nSPS) is 8.89. The van der Waals surface area contributed by atoms with Crippen LogP contribution in [0.25, 0.3) is 0 Å². The van der Waals surface area contributed by atoms with Crippen molar-refractivity contribution in [3.63, 3.8) is 0 Å². The largest absolute Gasteiger partial charge is 0.465 e. The van der Waals surface area contributed by atoms with Crippen molar-refractivity contribution in [3.05, 3.63) is 41.1 Å². The highest BCUT2D eigenvalue weighted by molar-refractivity contribution is 5.90. The van der Waals surface area contributed by atoms with Gasteiger partial charge in [0.25, 0.3) is 0 Å². The molecule has 0 fully saturated rings. The first-order chi connectivity index (χ1) is 9.03. The minimum Gasteiger partial charge on any atom is -0.465 e. The van der Waals surface area contributed by atoms with Crippen LogP contribution in [-0.4, -0.2) is 13.1 Å². The lowest BCUT2D eigenvalue weighted by Crippen LogP contribution is -2.06. The monoisotopic (exact) mass is 263 g/mol. The SMILES string of the molecule is COC(=O)c1cc(NC=C(C#N)C#N)c(F)cc1F. The number of allylic oxidation sites excluding steroid dienone is 1. The molecule has 7 heteroatoms. The Morgan fingerprint density at radius 3 is 2.47 bits per heavy atom. The van der Waals surface area contributed by atoms with Gasteiger partial charge in [0, 0.05) is 12.3 Å². The van der Waals surface area contributed by atoms with Gasteiger partial charge in [0.15, 0.2) is 0 Å². The van der Waals surface area contributed by atoms with Gasteiger partial charge < -0.3 is 10.1 Å². The van der Waals surface area contributed by atoms with Gasteiger partial charge in [-0.1, -0.05) is 0 Å². The Balaban J connectivity index is 3.17. The smallest absolute Gasteiger partial charge is 0.340 e. The standard InChI is InChI=1S/C12H7F2N3O2/c1-19-12(18)8-2-11(10(14)3-9(8)13)17-6-7(4-15)5-16/h2-3,6,17H,1H3. The van der Waals surface area contributed by atoms with Crippen LogP contribution in [0.4, 0.5) is 14.5 Å². The molecule has 5 nitrogen and oxygen atoms in total. The maximum Gasteiger partial charge on any atom is 0.340 e. The van der Waals surface area contributed by atoms with E-state index >= 15 is 0 Å². The number of methoxy groups -OCH3 is 1. The number of rotatable bonds is 3. The summed E-state index contributed by atoms with van der Waals surface area (Å²) < 4.78 is 31.0. The number of halogens is 2. The minimum absolute atomic E-state index is 0.259. The minimum atomic E-state index is -1.07. The number of esters is 1. The first-order valence-electron chi connectivity index (χ1n) is 4.87. The fourth-order valence-electron chi connectivity index (χ4n) is 1.17. The predicted octanol–water partition coefficient (Wildman–Crippen LogP) is 2.09. The van der Waals surface area contributed by atoms with Crippen molar-refractivity contribution in [2.75, 3.05) is 12.4 Å². The van der Waals surface area contributed by atoms with E-state index in [9.17, 15) is 13.6 Å². The molecule has 1 rings (SSSR count). The van der Waals surface area contributed by atoms with Gasteiger partial charge >= 0.3 is 5.97 Å². The van der Waals surface area contributed by atoms with Crippen molar-refractivity contribution in [2.45, 2.75) is 0 Å². The van der Waals surface area contributed by atoms with Crippen LogP contribution in [0, 0.1) is 34.3 Å². The number of nitrogens with zero attached hydrogens (tertiary/aromatic N) is 2. The number of carbonyl (C=O) groups excluding carboxylic acids is 1. The molecule has 0 bridgehead atoms. The maximum atomic E-state index is 13.4. The molecule has 0 saturated carbocycles. The van der Waals surface area contributed by atoms with Gasteiger partial charge in [-0.2, -0.15) is 10.5 Å². The average molecular weight is 263 g/mol. The average Bonchev–Trinajstić information content (AvgIpc) is 2.41. The van der Waals surface area contributed by atoms with Crippen LogP contribution >= 0.6 is 0 Å². The van der Waals surface area contributed by atoms with E-state index in [1.807, 2.05) is 0 Å². The molecule has 0 unspecified atom stereocenters. The third-order valence-corrected chi connectivity index (χ3v) is 2.07. The van der Waals surface area contributed by atoms with E-state index in [1.54, 1.807) is 12.1 Å². The van der Waals surface area contributed by atoms with Gasteiger partial charge in [0.05, 0.1) is 18.4 Å². The third kappa shape index (κ3) is 3.27. The molecule has 1 aromatic carbocycles. The summed E-state index contributed by atoms with van der Waals surface area (Å²) >= 11 is 0. The molecule has 0 aliphatic carbocycles. The molecule has 0 amide bonds. The topological polar surface area (TPSA) is 85.9 Å². The summed E-state index contributed by atoms with van der Waals surface area (Å²) in [5.74, 6) is -3.01. The van der Waals surface area contributed by atoms with Crippen molar-refractivity contribution >= 4 is 11.7 Å². The first-order valence-corrected chi connectivity index (χ1v) is 4.87. The molecule has 0 spiro atoms. The molecule has 0 aliphatic rings. The van der Waals surface area contributed by atoms with E-state index in [1.165, 1.54) is 0 Å². The Morgan fingerprint density at radius 1 is 1.32 bits per heavy atom. The lowest BCUT2D eigenvalue weighted by atomic mass is 10.1. The number of hydrogen-bond acceptors (Lipinski definition) is 5. The Hall–Kier alpha value is -2.93. The van der Waals surface area contributed by atoms with Crippen molar-refractivity contribution < 1.29 is 18.3 Å². The van der Waals surface area contributed by atoms with E-state index in [2.05, 4.69) is 10.1 Å². The van der Waals surface area contributed by atoms with Crippen LogP contribution in [-0.2, 0) is 4.74 Å². The molecule has 0 atom stereocenters. The van der Waals surface area contributed by atoms with Gasteiger partial charge in [-0.3, -0.25) is 0 Å². The summed E-state index contributed by atoms with van der Waals surface area (Å²) in [5, 5.41) is 19.3. The van der Waals surface area contributed by atoms with Gasteiger partial charge in [0.1, 0.15) is 29.3 Å². The summed E-state index contributed by atoms with van der Waals surface area (Å²) in [7, 11) is 1.06. The van der Waals surface area contributed by atoms with E-state index in [0.29, 0.717) is 6.07 Å². The fourth-order valence-corrected chi connectivity index (χ4v) is 1.17. The zero-order chi connectivity index (χ0) is 14.4. The summed E-state index contributed by atoms with van der Waals surface area (Å²) in [6.07, 6.45) is 0.942. The molecular weight excluding hydrogens is 256 g/mol. The van der Waals surface area contributed by atoms with E-state index < -0.39 is 23.2 Å². The van der Waals surface area contributed by atoms with Crippen LogP contribution in [0.15, 0.2) is 23.9 Å². The maximum absolute atomic E-state index is 13.4. The Bertz CT molecular complexity index is 611. The number of anilines is 1. The lowest BCUT2D eigenvalue weighted by molar-refractivity contribution is 0.0595. The number of nitriles is 2. The number of carbonyl (C=O) groups is 1. The quantitative estimate of drug-likeness (QED) is 0.666. The second kappa shape index (κ2) is 6.12. The number of benzene rings is 1. The van der Waals surface area contributed by atoms with Gasteiger partial charge in [-0.25, -0.2) is 13.6 Å². The van der Waals surface area contributed by atoms with E-state index in [-0.39, 0.29) is 11.3 Å². The molecule has 0 aliphatic heterocycles. The molecule has 0 radical (unpaired) electrons.